The topological polar surface area (TPSA) is 129 Å². The number of aromatic amines is 1. The number of nitrogens with two attached hydrogens (primary N) is 1. The number of amides is 1. The molecule has 34 heavy (non-hydrogen) atoms. The van der Waals surface area contributed by atoms with Crippen LogP contribution in [0.15, 0.2) is 36.4 Å². The zero-order valence-electron chi connectivity index (χ0n) is 20.0. The second-order valence-electron chi connectivity index (χ2n) is 8.95. The molecule has 1 saturated heterocycles. The number of nitrogens with one attached hydrogen (secondary N) is 3. The summed E-state index contributed by atoms with van der Waals surface area (Å²) in [4.78, 5) is 14.5. The molecule has 2 atom stereocenters. The molecule has 1 fully saturated rings. The summed E-state index contributed by atoms with van der Waals surface area (Å²) < 4.78 is 5.82. The van der Waals surface area contributed by atoms with E-state index >= 15 is 0 Å². The average molecular weight is 465 g/mol. The SMILES string of the molecule is Cc1cc(CNc2[nH]nc(Nc3ccc(N4CC(C)O[C@@H](C)C4)cc3)c2C(N)=O)cc(C)c1O. The molecule has 0 bridgehead atoms. The molecule has 1 amide bonds. The molecule has 180 valence electrons. The highest BCUT2D eigenvalue weighted by molar-refractivity contribution is 6.03. The Hall–Kier alpha value is -3.72. The number of nitrogens with zero attached hydrogens (tertiary/aromatic N) is 2. The molecule has 1 unspecified atom stereocenters. The number of hydrogen-bond acceptors (Lipinski definition) is 7. The van der Waals surface area contributed by atoms with Gasteiger partial charge in [-0.05, 0) is 68.7 Å². The predicted octanol–water partition coefficient (Wildman–Crippen LogP) is 3.80. The van der Waals surface area contributed by atoms with E-state index in [1.54, 1.807) is 0 Å². The lowest BCUT2D eigenvalue weighted by Crippen LogP contribution is -2.45. The normalized spacial score (nSPS) is 18.1. The van der Waals surface area contributed by atoms with Gasteiger partial charge in [-0.2, -0.15) is 5.10 Å². The van der Waals surface area contributed by atoms with Crippen LogP contribution in [0.4, 0.5) is 23.0 Å². The minimum Gasteiger partial charge on any atom is -0.507 e. The van der Waals surface area contributed by atoms with Crippen molar-refractivity contribution < 1.29 is 14.6 Å². The Kier molecular flexibility index (Phi) is 6.65. The number of aromatic nitrogens is 2. The molecule has 1 aromatic heterocycles. The van der Waals surface area contributed by atoms with Gasteiger partial charge in [0, 0.05) is 31.0 Å². The van der Waals surface area contributed by atoms with Crippen LogP contribution in [0.2, 0.25) is 0 Å². The van der Waals surface area contributed by atoms with Gasteiger partial charge in [0.05, 0.1) is 12.2 Å². The summed E-state index contributed by atoms with van der Waals surface area (Å²) in [6, 6.07) is 11.8. The van der Waals surface area contributed by atoms with E-state index in [4.69, 9.17) is 10.5 Å². The number of carbonyl (C=O) groups is 1. The minimum absolute atomic E-state index is 0.184. The van der Waals surface area contributed by atoms with Crippen LogP contribution in [0.5, 0.6) is 5.75 Å². The van der Waals surface area contributed by atoms with E-state index in [2.05, 4.69) is 39.6 Å². The number of anilines is 4. The molecule has 2 heterocycles. The number of ether oxygens (including phenoxy) is 1. The van der Waals surface area contributed by atoms with Gasteiger partial charge in [0.15, 0.2) is 5.82 Å². The molecule has 1 aliphatic rings. The lowest BCUT2D eigenvalue weighted by molar-refractivity contribution is -0.00521. The molecule has 1 aliphatic heterocycles. The van der Waals surface area contributed by atoms with Gasteiger partial charge in [-0.3, -0.25) is 9.89 Å². The highest BCUT2D eigenvalue weighted by Gasteiger charge is 2.23. The number of morpholine rings is 1. The Morgan fingerprint density at radius 3 is 2.38 bits per heavy atom. The van der Waals surface area contributed by atoms with E-state index < -0.39 is 5.91 Å². The van der Waals surface area contributed by atoms with Crippen LogP contribution in [-0.2, 0) is 11.3 Å². The van der Waals surface area contributed by atoms with Crippen LogP contribution < -0.4 is 21.3 Å². The van der Waals surface area contributed by atoms with Crippen LogP contribution in [-0.4, -0.2) is 46.5 Å². The summed E-state index contributed by atoms with van der Waals surface area (Å²) in [5.41, 5.74) is 10.4. The Morgan fingerprint density at radius 1 is 1.18 bits per heavy atom. The second-order valence-corrected chi connectivity index (χ2v) is 8.95. The van der Waals surface area contributed by atoms with Crippen molar-refractivity contribution in [2.45, 2.75) is 46.4 Å². The number of H-pyrrole nitrogens is 1. The van der Waals surface area contributed by atoms with Gasteiger partial charge in [-0.25, -0.2) is 0 Å². The van der Waals surface area contributed by atoms with Crippen LogP contribution in [0.1, 0.15) is 40.9 Å². The lowest BCUT2D eigenvalue weighted by atomic mass is 10.1. The highest BCUT2D eigenvalue weighted by Crippen LogP contribution is 2.28. The van der Waals surface area contributed by atoms with Crippen LogP contribution in [0.3, 0.4) is 0 Å². The molecule has 2 aromatic carbocycles. The zero-order valence-corrected chi connectivity index (χ0v) is 20.0. The number of benzene rings is 2. The first kappa shape index (κ1) is 23.4. The fraction of sp³-hybridized carbons (Fsp3) is 0.360. The number of phenolic OH excluding ortho intramolecular Hbond substituents is 1. The maximum Gasteiger partial charge on any atom is 0.256 e. The van der Waals surface area contributed by atoms with Crippen molar-refractivity contribution in [3.63, 3.8) is 0 Å². The summed E-state index contributed by atoms with van der Waals surface area (Å²) in [7, 11) is 0. The molecule has 6 N–H and O–H groups in total. The Bertz CT molecular complexity index is 1140. The first-order chi connectivity index (χ1) is 16.2. The number of primary amides is 1. The third-order valence-corrected chi connectivity index (χ3v) is 5.95. The van der Waals surface area contributed by atoms with E-state index in [1.165, 1.54) is 0 Å². The van der Waals surface area contributed by atoms with Crippen molar-refractivity contribution in [3.05, 3.63) is 58.7 Å². The number of rotatable bonds is 7. The quantitative estimate of drug-likeness (QED) is 0.360. The Labute approximate surface area is 199 Å². The van der Waals surface area contributed by atoms with E-state index in [0.29, 0.717) is 23.9 Å². The van der Waals surface area contributed by atoms with Gasteiger partial charge in [-0.15, -0.1) is 0 Å². The first-order valence-corrected chi connectivity index (χ1v) is 11.4. The number of aromatic hydroxyl groups is 1. The van der Waals surface area contributed by atoms with E-state index in [1.807, 2.05) is 50.2 Å². The van der Waals surface area contributed by atoms with Gasteiger partial charge in [0.25, 0.3) is 5.91 Å². The number of phenols is 1. The average Bonchev–Trinajstić information content (AvgIpc) is 3.18. The van der Waals surface area contributed by atoms with Crippen molar-refractivity contribution in [2.75, 3.05) is 28.6 Å². The molecule has 0 spiro atoms. The number of hydrogen-bond donors (Lipinski definition) is 5. The van der Waals surface area contributed by atoms with Crippen LogP contribution in [0, 0.1) is 13.8 Å². The minimum atomic E-state index is -0.593. The highest BCUT2D eigenvalue weighted by atomic mass is 16.5. The molecule has 3 aromatic rings. The van der Waals surface area contributed by atoms with Crippen molar-refractivity contribution in [1.82, 2.24) is 10.2 Å². The summed E-state index contributed by atoms with van der Waals surface area (Å²) in [5, 5.41) is 23.5. The summed E-state index contributed by atoms with van der Waals surface area (Å²) >= 11 is 0. The van der Waals surface area contributed by atoms with Gasteiger partial charge in [0.1, 0.15) is 17.1 Å². The summed E-state index contributed by atoms with van der Waals surface area (Å²) in [6.45, 7) is 9.99. The monoisotopic (exact) mass is 464 g/mol. The van der Waals surface area contributed by atoms with Crippen molar-refractivity contribution in [1.29, 1.82) is 0 Å². The van der Waals surface area contributed by atoms with Crippen molar-refractivity contribution in [3.8, 4) is 5.75 Å². The fourth-order valence-electron chi connectivity index (χ4n) is 4.42. The molecular weight excluding hydrogens is 432 g/mol. The third-order valence-electron chi connectivity index (χ3n) is 5.95. The third kappa shape index (κ3) is 5.09. The van der Waals surface area contributed by atoms with Gasteiger partial charge < -0.3 is 31.1 Å². The van der Waals surface area contributed by atoms with Crippen LogP contribution >= 0.6 is 0 Å². The van der Waals surface area contributed by atoms with E-state index in [0.717, 1.165) is 41.2 Å². The van der Waals surface area contributed by atoms with E-state index in [9.17, 15) is 9.90 Å². The van der Waals surface area contributed by atoms with Gasteiger partial charge >= 0.3 is 0 Å². The first-order valence-electron chi connectivity index (χ1n) is 11.4. The molecule has 4 rings (SSSR count). The number of aryl methyl sites for hydroxylation is 2. The number of carbonyl (C=O) groups excluding carboxylic acids is 1. The Morgan fingerprint density at radius 2 is 1.79 bits per heavy atom. The van der Waals surface area contributed by atoms with Gasteiger partial charge in [-0.1, -0.05) is 12.1 Å². The molecular formula is C25H32N6O3. The predicted molar refractivity (Wildman–Crippen MR) is 134 cm³/mol. The molecule has 0 radical (unpaired) electrons. The molecule has 0 saturated carbocycles. The Balaban J connectivity index is 1.47. The fourth-order valence-corrected chi connectivity index (χ4v) is 4.42. The maximum atomic E-state index is 12.2. The molecule has 0 aliphatic carbocycles. The summed E-state index contributed by atoms with van der Waals surface area (Å²) in [6.07, 6.45) is 0.369. The van der Waals surface area contributed by atoms with Gasteiger partial charge in [0.2, 0.25) is 0 Å². The van der Waals surface area contributed by atoms with Crippen LogP contribution in [0.25, 0.3) is 0 Å². The van der Waals surface area contributed by atoms with E-state index in [-0.39, 0.29) is 17.8 Å². The van der Waals surface area contributed by atoms with Crippen molar-refractivity contribution >= 4 is 28.9 Å². The maximum absolute atomic E-state index is 12.2. The van der Waals surface area contributed by atoms with Crippen molar-refractivity contribution in [2.24, 2.45) is 5.73 Å². The lowest BCUT2D eigenvalue weighted by Gasteiger charge is -2.36. The smallest absolute Gasteiger partial charge is 0.256 e. The second kappa shape index (κ2) is 9.64. The standard InChI is InChI=1S/C25H32N6O3/c1-14-9-18(10-15(2)22(14)32)11-27-24-21(23(26)33)25(30-29-24)28-19-5-7-20(8-6-19)31-12-16(3)34-17(4)13-31/h5-10,16-17,32H,11-13H2,1-4H3,(H2,26,33)(H3,27,28,29,30)/t16-,17?/m0/s1. The summed E-state index contributed by atoms with van der Waals surface area (Å²) in [5.74, 6) is 0.490. The molecule has 9 heteroatoms. The zero-order chi connectivity index (χ0) is 24.4. The molecule has 9 nitrogen and oxygen atoms in total. The largest absolute Gasteiger partial charge is 0.507 e.